The van der Waals surface area contributed by atoms with Crippen LogP contribution in [0, 0.1) is 28.1 Å². The largest absolute Gasteiger partial charge is 0.463 e. The minimum Gasteiger partial charge on any atom is -0.463 e. The average Bonchev–Trinajstić information content (AvgIpc) is 3.57. The van der Waals surface area contributed by atoms with Gasteiger partial charge in [0.1, 0.15) is 42.9 Å². The van der Waals surface area contributed by atoms with Crippen molar-refractivity contribution in [1.82, 2.24) is 10.3 Å². The van der Waals surface area contributed by atoms with E-state index in [4.69, 9.17) is 30.1 Å². The highest BCUT2D eigenvalue weighted by molar-refractivity contribution is 6.10. The Balaban J connectivity index is 1.88. The number of carbonyl (C=O) groups is 3. The third-order valence-electron chi connectivity index (χ3n) is 8.40. The summed E-state index contributed by atoms with van der Waals surface area (Å²) in [5.41, 5.74) is 2.37. The van der Waals surface area contributed by atoms with Gasteiger partial charge in [-0.3, -0.25) is 19.8 Å². The first-order chi connectivity index (χ1) is 21.6. The number of carbonyl (C=O) groups excluding carboxylic acids is 3. The van der Waals surface area contributed by atoms with Gasteiger partial charge in [-0.05, 0) is 56.6 Å². The first kappa shape index (κ1) is 36.8. The van der Waals surface area contributed by atoms with E-state index in [1.807, 2.05) is 13.0 Å². The molecule has 1 aliphatic carbocycles. The third kappa shape index (κ3) is 8.58. The number of H-pyrrole nitrogens is 1. The molecule has 1 amide bonds. The van der Waals surface area contributed by atoms with E-state index in [1.54, 1.807) is 34.6 Å². The molecular formula is C32H48N6O8. The summed E-state index contributed by atoms with van der Waals surface area (Å²) in [5, 5.41) is 32.1. The van der Waals surface area contributed by atoms with Gasteiger partial charge in [0.2, 0.25) is 5.60 Å². The fourth-order valence-corrected chi connectivity index (χ4v) is 4.96. The van der Waals surface area contributed by atoms with Crippen LogP contribution in [0.25, 0.3) is 0 Å². The van der Waals surface area contributed by atoms with Crippen molar-refractivity contribution in [3.05, 3.63) is 23.5 Å². The summed E-state index contributed by atoms with van der Waals surface area (Å²) >= 11 is 0. The molecule has 0 aromatic carbocycles. The summed E-state index contributed by atoms with van der Waals surface area (Å²) in [5.74, 6) is -1.58. The molecule has 14 heteroatoms. The summed E-state index contributed by atoms with van der Waals surface area (Å²) in [6.45, 7) is 10.5. The zero-order valence-corrected chi connectivity index (χ0v) is 27.6. The Kier molecular flexibility index (Phi) is 12.2. The topological polar surface area (TPSA) is 222 Å². The van der Waals surface area contributed by atoms with E-state index in [9.17, 15) is 24.8 Å². The molecule has 3 rings (SSSR count). The number of rotatable bonds is 14. The SMILES string of the molecule is CCCCOC(C)(C)C(=O)N/C(=N/C=N)c1ccc([C@]2(C#N)O[C@H](COC(=O)CC3CCC3)[C@@H](OC(=O)[C@@H](N)C(C)(C)C)[C@H]2O)[nH]1. The van der Waals surface area contributed by atoms with E-state index in [0.717, 1.165) is 38.4 Å². The van der Waals surface area contributed by atoms with Gasteiger partial charge in [0, 0.05) is 13.0 Å². The van der Waals surface area contributed by atoms with Gasteiger partial charge in [-0.15, -0.1) is 0 Å². The molecule has 0 spiro atoms. The van der Waals surface area contributed by atoms with Crippen molar-refractivity contribution in [1.29, 1.82) is 10.7 Å². The molecule has 46 heavy (non-hydrogen) atoms. The van der Waals surface area contributed by atoms with Crippen LogP contribution < -0.4 is 11.1 Å². The number of hydrogen-bond donors (Lipinski definition) is 5. The fraction of sp³-hybridized carbons (Fsp3) is 0.688. The van der Waals surface area contributed by atoms with Crippen LogP contribution in [0.2, 0.25) is 0 Å². The molecule has 14 nitrogen and oxygen atoms in total. The molecule has 0 unspecified atom stereocenters. The number of aromatic nitrogens is 1. The lowest BCUT2D eigenvalue weighted by Gasteiger charge is -2.29. The molecule has 0 bridgehead atoms. The number of ether oxygens (including phenoxy) is 4. The van der Waals surface area contributed by atoms with Gasteiger partial charge in [0.15, 0.2) is 11.9 Å². The number of esters is 2. The number of nitrogens with zero attached hydrogens (tertiary/aromatic N) is 2. The number of aliphatic imine (C=N–C) groups is 1. The molecular weight excluding hydrogens is 596 g/mol. The molecule has 0 radical (unpaired) electrons. The Labute approximate surface area is 269 Å². The molecule has 254 valence electrons. The summed E-state index contributed by atoms with van der Waals surface area (Å²) in [7, 11) is 0. The molecule has 6 N–H and O–H groups in total. The van der Waals surface area contributed by atoms with E-state index >= 15 is 0 Å². The number of aliphatic hydroxyl groups excluding tert-OH is 1. The number of aliphatic hydroxyl groups is 1. The lowest BCUT2D eigenvalue weighted by atomic mass is 9.83. The minimum absolute atomic E-state index is 0.0420. The second-order valence-electron chi connectivity index (χ2n) is 13.4. The van der Waals surface area contributed by atoms with Crippen molar-refractivity contribution >= 4 is 30.0 Å². The van der Waals surface area contributed by atoms with Crippen LogP contribution in [0.3, 0.4) is 0 Å². The Morgan fingerprint density at radius 2 is 2.00 bits per heavy atom. The molecule has 2 fully saturated rings. The van der Waals surface area contributed by atoms with Crippen molar-refractivity contribution in [2.75, 3.05) is 13.2 Å². The Hall–Kier alpha value is -3.64. The number of nitriles is 1. The van der Waals surface area contributed by atoms with E-state index in [2.05, 4.69) is 15.3 Å². The maximum absolute atomic E-state index is 13.1. The van der Waals surface area contributed by atoms with Crippen LogP contribution >= 0.6 is 0 Å². The number of amides is 1. The predicted octanol–water partition coefficient (Wildman–Crippen LogP) is 2.58. The van der Waals surface area contributed by atoms with Gasteiger partial charge in [-0.1, -0.05) is 40.5 Å². The van der Waals surface area contributed by atoms with E-state index in [1.165, 1.54) is 12.1 Å². The highest BCUT2D eigenvalue weighted by atomic mass is 16.6. The van der Waals surface area contributed by atoms with Gasteiger partial charge in [-0.2, -0.15) is 5.26 Å². The quantitative estimate of drug-likeness (QED) is 0.0861. The lowest BCUT2D eigenvalue weighted by Crippen LogP contribution is -2.49. The maximum Gasteiger partial charge on any atom is 0.323 e. The lowest BCUT2D eigenvalue weighted by molar-refractivity contribution is -0.163. The summed E-state index contributed by atoms with van der Waals surface area (Å²) in [4.78, 5) is 45.5. The van der Waals surface area contributed by atoms with Crippen LogP contribution in [-0.2, 0) is 38.9 Å². The third-order valence-corrected chi connectivity index (χ3v) is 8.40. The van der Waals surface area contributed by atoms with Crippen LogP contribution in [-0.4, -0.2) is 83.3 Å². The van der Waals surface area contributed by atoms with Crippen molar-refractivity contribution in [2.45, 2.75) is 116 Å². The number of unbranched alkanes of at least 4 members (excludes halogenated alkanes) is 1. The highest BCUT2D eigenvalue weighted by Gasteiger charge is 2.59. The minimum atomic E-state index is -2.11. The van der Waals surface area contributed by atoms with E-state index in [0.29, 0.717) is 6.61 Å². The molecule has 1 aromatic heterocycles. The second kappa shape index (κ2) is 15.3. The standard InChI is InChI=1S/C32H48N6O8/c1-7-8-14-44-31(5,6)29(42)38-27(36-18-34)20-12-13-22(37-20)32(17-33)26(40)24(45-28(41)25(35)30(2,3)4)21(46-32)16-43-23(39)15-19-10-9-11-19/h12-13,18-19,21,24-26,37,40H,7-11,14-16,35H2,1-6H3,(H2,34,36,38,42)/t21-,24-,25-,26-,32+/m1/s1. The van der Waals surface area contributed by atoms with Gasteiger partial charge in [0.05, 0.1) is 11.4 Å². The van der Waals surface area contributed by atoms with Crippen molar-refractivity contribution in [3.63, 3.8) is 0 Å². The molecule has 1 aliphatic heterocycles. The Bertz CT molecular complexity index is 1320. The summed E-state index contributed by atoms with van der Waals surface area (Å²) in [6, 6.07) is 3.87. The number of hydrogen-bond acceptors (Lipinski definition) is 11. The number of aromatic amines is 1. The zero-order chi connectivity index (χ0) is 34.3. The molecule has 1 saturated heterocycles. The first-order valence-electron chi connectivity index (χ1n) is 15.7. The first-order valence-corrected chi connectivity index (χ1v) is 15.7. The van der Waals surface area contributed by atoms with Crippen LogP contribution in [0.5, 0.6) is 0 Å². The molecule has 2 aliphatic rings. The number of nitrogens with one attached hydrogen (secondary N) is 3. The predicted molar refractivity (Wildman–Crippen MR) is 168 cm³/mol. The molecule has 5 atom stereocenters. The van der Waals surface area contributed by atoms with Crippen LogP contribution in [0.4, 0.5) is 0 Å². The Morgan fingerprint density at radius 3 is 2.57 bits per heavy atom. The van der Waals surface area contributed by atoms with Gasteiger partial charge in [0.25, 0.3) is 5.91 Å². The van der Waals surface area contributed by atoms with Crippen molar-refractivity contribution in [2.24, 2.45) is 22.1 Å². The Morgan fingerprint density at radius 1 is 1.30 bits per heavy atom. The van der Waals surface area contributed by atoms with E-state index in [-0.39, 0.29) is 36.2 Å². The average molecular weight is 645 g/mol. The van der Waals surface area contributed by atoms with Crippen molar-refractivity contribution in [3.8, 4) is 6.07 Å². The van der Waals surface area contributed by atoms with Crippen molar-refractivity contribution < 1.29 is 38.4 Å². The number of nitrogens with two attached hydrogens (primary N) is 1. The van der Waals surface area contributed by atoms with Crippen LogP contribution in [0.1, 0.15) is 91.5 Å². The zero-order valence-electron chi connectivity index (χ0n) is 27.6. The van der Waals surface area contributed by atoms with Gasteiger partial charge in [-0.25, -0.2) is 4.99 Å². The van der Waals surface area contributed by atoms with Crippen LogP contribution in [0.15, 0.2) is 17.1 Å². The normalized spacial score (nSPS) is 24.4. The maximum atomic E-state index is 13.1. The summed E-state index contributed by atoms with van der Waals surface area (Å²) in [6.07, 6.45) is 1.23. The monoisotopic (exact) mass is 644 g/mol. The smallest absolute Gasteiger partial charge is 0.323 e. The second-order valence-corrected chi connectivity index (χ2v) is 13.4. The molecule has 1 saturated carbocycles. The van der Waals surface area contributed by atoms with Gasteiger partial charge >= 0.3 is 11.9 Å². The fourth-order valence-electron chi connectivity index (χ4n) is 4.96. The molecule has 2 heterocycles. The van der Waals surface area contributed by atoms with E-state index < -0.39 is 58.8 Å². The highest BCUT2D eigenvalue weighted by Crippen LogP contribution is 2.41. The summed E-state index contributed by atoms with van der Waals surface area (Å²) < 4.78 is 22.9. The number of amidine groups is 1. The molecule has 1 aromatic rings. The van der Waals surface area contributed by atoms with Gasteiger partial charge < -0.3 is 40.1 Å².